The SMILES string of the molecule is OC(Cc1ccc(Cl)cc1F)(Cn1cnc(Br)c1)C1(Cl)CC1. The Kier molecular flexibility index (Phi) is 4.27. The highest BCUT2D eigenvalue weighted by Gasteiger charge is 2.58. The van der Waals surface area contributed by atoms with Crippen LogP contribution in [-0.4, -0.2) is 25.1 Å². The number of nitrogens with zero attached hydrogens (tertiary/aromatic N) is 2. The molecular formula is C15H14BrCl2FN2O. The maximum absolute atomic E-state index is 14.1. The highest BCUT2D eigenvalue weighted by molar-refractivity contribution is 9.10. The topological polar surface area (TPSA) is 38.0 Å². The summed E-state index contributed by atoms with van der Waals surface area (Å²) in [5.74, 6) is -0.432. The minimum atomic E-state index is -1.26. The molecule has 0 aliphatic heterocycles. The van der Waals surface area contributed by atoms with Gasteiger partial charge >= 0.3 is 0 Å². The summed E-state index contributed by atoms with van der Waals surface area (Å²) in [5, 5.41) is 11.5. The fourth-order valence-corrected chi connectivity index (χ4v) is 3.37. The molecule has 0 spiro atoms. The molecule has 1 aromatic carbocycles. The van der Waals surface area contributed by atoms with Crippen molar-refractivity contribution in [3.8, 4) is 0 Å². The average molecular weight is 408 g/mol. The highest BCUT2D eigenvalue weighted by Crippen LogP contribution is 2.53. The molecule has 1 aromatic heterocycles. The van der Waals surface area contributed by atoms with E-state index in [1.165, 1.54) is 6.07 Å². The summed E-state index contributed by atoms with van der Waals surface area (Å²) in [7, 11) is 0. The van der Waals surface area contributed by atoms with Crippen LogP contribution in [0.15, 0.2) is 35.3 Å². The normalized spacial score (nSPS) is 19.0. The van der Waals surface area contributed by atoms with Gasteiger partial charge < -0.3 is 9.67 Å². The second-order valence-corrected chi connectivity index (χ2v) is 7.75. The van der Waals surface area contributed by atoms with Crippen molar-refractivity contribution in [1.82, 2.24) is 9.55 Å². The average Bonchev–Trinajstić information content (AvgIpc) is 3.07. The van der Waals surface area contributed by atoms with Crippen molar-refractivity contribution in [2.75, 3.05) is 0 Å². The Labute approximate surface area is 146 Å². The molecule has 1 fully saturated rings. The summed E-state index contributed by atoms with van der Waals surface area (Å²) in [6.07, 6.45) is 4.89. The maximum atomic E-state index is 14.1. The molecule has 3 nitrogen and oxygen atoms in total. The predicted octanol–water partition coefficient (Wildman–Crippen LogP) is 4.18. The largest absolute Gasteiger partial charge is 0.386 e. The summed E-state index contributed by atoms with van der Waals surface area (Å²) in [5.41, 5.74) is -0.860. The molecule has 1 atom stereocenters. The number of hydrogen-bond donors (Lipinski definition) is 1. The summed E-state index contributed by atoms with van der Waals surface area (Å²) >= 11 is 15.5. The van der Waals surface area contributed by atoms with E-state index in [-0.39, 0.29) is 13.0 Å². The van der Waals surface area contributed by atoms with Crippen molar-refractivity contribution in [2.24, 2.45) is 0 Å². The molecule has 1 N–H and O–H groups in total. The van der Waals surface area contributed by atoms with Gasteiger partial charge in [-0.25, -0.2) is 9.37 Å². The zero-order valence-electron chi connectivity index (χ0n) is 11.6. The minimum absolute atomic E-state index is 0.120. The monoisotopic (exact) mass is 406 g/mol. The van der Waals surface area contributed by atoms with Gasteiger partial charge in [0.25, 0.3) is 0 Å². The Morgan fingerprint density at radius 3 is 2.73 bits per heavy atom. The Balaban J connectivity index is 1.89. The van der Waals surface area contributed by atoms with Gasteiger partial charge in [0.05, 0.1) is 17.7 Å². The van der Waals surface area contributed by atoms with Crippen LogP contribution in [-0.2, 0) is 13.0 Å². The van der Waals surface area contributed by atoms with E-state index in [1.54, 1.807) is 29.2 Å². The first kappa shape index (κ1) is 16.2. The van der Waals surface area contributed by atoms with Crippen LogP contribution in [0.1, 0.15) is 18.4 Å². The lowest BCUT2D eigenvalue weighted by atomic mass is 9.88. The van der Waals surface area contributed by atoms with Crippen molar-refractivity contribution < 1.29 is 9.50 Å². The molecule has 0 bridgehead atoms. The second kappa shape index (κ2) is 5.78. The fourth-order valence-electron chi connectivity index (χ4n) is 2.63. The minimum Gasteiger partial charge on any atom is -0.386 e. The molecule has 0 saturated heterocycles. The van der Waals surface area contributed by atoms with Crippen LogP contribution in [0.5, 0.6) is 0 Å². The predicted molar refractivity (Wildman–Crippen MR) is 87.8 cm³/mol. The van der Waals surface area contributed by atoms with Crippen molar-refractivity contribution in [3.63, 3.8) is 0 Å². The van der Waals surface area contributed by atoms with Gasteiger partial charge in [0.1, 0.15) is 16.0 Å². The standard InChI is InChI=1S/C15H14BrCl2FN2O/c16-13-7-21(9-20-13)8-15(22,14(18)3-4-14)6-10-1-2-11(17)5-12(10)19/h1-2,5,7,9,22H,3-4,6,8H2. The zero-order chi connectivity index (χ0) is 16.0. The van der Waals surface area contributed by atoms with Crippen LogP contribution in [0, 0.1) is 5.82 Å². The molecule has 1 saturated carbocycles. The van der Waals surface area contributed by atoms with Gasteiger partial charge in [0.2, 0.25) is 0 Å². The molecule has 2 aromatic rings. The van der Waals surface area contributed by atoms with Crippen molar-refractivity contribution in [1.29, 1.82) is 0 Å². The summed E-state index contributed by atoms with van der Waals surface area (Å²) in [6.45, 7) is 0.247. The van der Waals surface area contributed by atoms with Crippen LogP contribution in [0.25, 0.3) is 0 Å². The molecule has 118 valence electrons. The highest BCUT2D eigenvalue weighted by atomic mass is 79.9. The molecule has 0 radical (unpaired) electrons. The molecule has 1 heterocycles. The Morgan fingerprint density at radius 2 is 2.18 bits per heavy atom. The van der Waals surface area contributed by atoms with Crippen LogP contribution in [0.4, 0.5) is 4.39 Å². The van der Waals surface area contributed by atoms with Crippen LogP contribution < -0.4 is 0 Å². The second-order valence-electron chi connectivity index (χ2n) is 5.78. The number of rotatable bonds is 5. The van der Waals surface area contributed by atoms with Crippen molar-refractivity contribution in [3.05, 3.63) is 51.7 Å². The molecule has 22 heavy (non-hydrogen) atoms. The molecule has 3 rings (SSSR count). The maximum Gasteiger partial charge on any atom is 0.127 e. The smallest absolute Gasteiger partial charge is 0.127 e. The third kappa shape index (κ3) is 3.18. The first-order valence-electron chi connectivity index (χ1n) is 6.84. The quantitative estimate of drug-likeness (QED) is 0.755. The number of alkyl halides is 1. The number of aromatic nitrogens is 2. The molecule has 1 aliphatic carbocycles. The molecule has 1 aliphatic rings. The number of halogens is 4. The van der Waals surface area contributed by atoms with Gasteiger partial charge in [-0.3, -0.25) is 0 Å². The third-order valence-corrected chi connectivity index (χ3v) is 5.44. The summed E-state index contributed by atoms with van der Waals surface area (Å²) < 4.78 is 16.5. The summed E-state index contributed by atoms with van der Waals surface area (Å²) in [6, 6.07) is 4.45. The van der Waals surface area contributed by atoms with Gasteiger partial charge in [-0.1, -0.05) is 17.7 Å². The number of aliphatic hydroxyl groups is 1. The number of benzene rings is 1. The van der Waals surface area contributed by atoms with Gasteiger partial charge in [-0.2, -0.15) is 0 Å². The first-order valence-corrected chi connectivity index (χ1v) is 8.39. The molecular weight excluding hydrogens is 394 g/mol. The van der Waals surface area contributed by atoms with E-state index >= 15 is 0 Å². The number of imidazole rings is 1. The van der Waals surface area contributed by atoms with Crippen molar-refractivity contribution in [2.45, 2.75) is 36.3 Å². The van der Waals surface area contributed by atoms with E-state index in [4.69, 9.17) is 23.2 Å². The van der Waals surface area contributed by atoms with E-state index < -0.39 is 16.3 Å². The molecule has 0 amide bonds. The Bertz CT molecular complexity index is 705. The fraction of sp³-hybridized carbons (Fsp3) is 0.400. The summed E-state index contributed by atoms with van der Waals surface area (Å²) in [4.78, 5) is 3.35. The zero-order valence-corrected chi connectivity index (χ0v) is 14.7. The van der Waals surface area contributed by atoms with Gasteiger partial charge in [0.15, 0.2) is 0 Å². The number of hydrogen-bond acceptors (Lipinski definition) is 2. The van der Waals surface area contributed by atoms with Crippen LogP contribution in [0.3, 0.4) is 0 Å². The van der Waals surface area contributed by atoms with E-state index in [9.17, 15) is 9.50 Å². The third-order valence-electron chi connectivity index (χ3n) is 4.07. The lowest BCUT2D eigenvalue weighted by Crippen LogP contribution is -2.47. The van der Waals surface area contributed by atoms with Gasteiger partial charge in [-0.05, 0) is 46.5 Å². The lowest BCUT2D eigenvalue weighted by molar-refractivity contribution is 0.0101. The Hall–Kier alpha value is -0.620. The van der Waals surface area contributed by atoms with Crippen LogP contribution >= 0.6 is 39.1 Å². The van der Waals surface area contributed by atoms with Crippen molar-refractivity contribution >= 4 is 39.1 Å². The van der Waals surface area contributed by atoms with Gasteiger partial charge in [0, 0.05) is 17.6 Å². The molecule has 7 heteroatoms. The molecule has 1 unspecified atom stereocenters. The van der Waals surface area contributed by atoms with E-state index in [0.29, 0.717) is 28.0 Å². The van der Waals surface area contributed by atoms with E-state index in [1.807, 2.05) is 0 Å². The van der Waals surface area contributed by atoms with Gasteiger partial charge in [-0.15, -0.1) is 11.6 Å². The Morgan fingerprint density at radius 1 is 1.45 bits per heavy atom. The van der Waals surface area contributed by atoms with Crippen LogP contribution in [0.2, 0.25) is 5.02 Å². The van der Waals surface area contributed by atoms with E-state index in [0.717, 1.165) is 0 Å². The lowest BCUT2D eigenvalue weighted by Gasteiger charge is -2.33. The first-order chi connectivity index (χ1) is 10.3. The van der Waals surface area contributed by atoms with E-state index in [2.05, 4.69) is 20.9 Å².